The maximum Gasteiger partial charge on any atom is 0.416 e. The molecule has 9 heteroatoms. The van der Waals surface area contributed by atoms with Gasteiger partial charge in [-0.25, -0.2) is 0 Å². The normalized spacial score (nSPS) is 14.6. The maximum absolute atomic E-state index is 12.9. The molecule has 190 valence electrons. The minimum atomic E-state index is -4.44. The van der Waals surface area contributed by atoms with E-state index in [1.165, 1.54) is 12.1 Å². The molecule has 36 heavy (non-hydrogen) atoms. The van der Waals surface area contributed by atoms with Crippen LogP contribution >= 0.6 is 0 Å². The summed E-state index contributed by atoms with van der Waals surface area (Å²) in [5.74, 6) is 0.315. The van der Waals surface area contributed by atoms with Crippen LogP contribution in [0.25, 0.3) is 11.3 Å². The van der Waals surface area contributed by atoms with E-state index in [1.807, 2.05) is 36.4 Å². The Kier molecular flexibility index (Phi) is 7.76. The molecular formula is C27H28F3N3O3. The smallest absolute Gasteiger partial charge is 0.361 e. The van der Waals surface area contributed by atoms with Gasteiger partial charge >= 0.3 is 6.18 Å². The lowest BCUT2D eigenvalue weighted by molar-refractivity contribution is -0.137. The van der Waals surface area contributed by atoms with Gasteiger partial charge in [-0.2, -0.15) is 13.2 Å². The van der Waals surface area contributed by atoms with Gasteiger partial charge in [0.1, 0.15) is 11.5 Å². The third-order valence-corrected chi connectivity index (χ3v) is 6.51. The van der Waals surface area contributed by atoms with Crippen LogP contribution in [0.4, 0.5) is 13.2 Å². The quantitative estimate of drug-likeness (QED) is 0.442. The molecule has 2 heterocycles. The molecule has 0 radical (unpaired) electrons. The summed E-state index contributed by atoms with van der Waals surface area (Å²) in [7, 11) is 1.78. The van der Waals surface area contributed by atoms with Crippen LogP contribution in [0.1, 0.15) is 40.9 Å². The predicted octanol–water partition coefficient (Wildman–Crippen LogP) is 5.30. The van der Waals surface area contributed by atoms with E-state index in [1.54, 1.807) is 16.8 Å². The van der Waals surface area contributed by atoms with Crippen molar-refractivity contribution in [2.24, 2.45) is 5.92 Å². The van der Waals surface area contributed by atoms with E-state index < -0.39 is 11.7 Å². The zero-order valence-electron chi connectivity index (χ0n) is 20.0. The van der Waals surface area contributed by atoms with Gasteiger partial charge in [0.15, 0.2) is 0 Å². The van der Waals surface area contributed by atoms with Gasteiger partial charge in [-0.1, -0.05) is 35.5 Å². The number of aryl methyl sites for hydroxylation is 1. The third-order valence-electron chi connectivity index (χ3n) is 6.51. The first kappa shape index (κ1) is 25.5. The number of carbonyl (C=O) groups is 2. The maximum atomic E-state index is 12.9. The molecule has 1 aromatic heterocycles. The van der Waals surface area contributed by atoms with Gasteiger partial charge in [-0.3, -0.25) is 9.59 Å². The number of carbonyl (C=O) groups excluding carboxylic acids is 2. The number of amides is 2. The lowest BCUT2D eigenvalue weighted by Crippen LogP contribution is -2.43. The second kappa shape index (κ2) is 11.0. The Morgan fingerprint density at radius 3 is 2.36 bits per heavy atom. The van der Waals surface area contributed by atoms with E-state index in [-0.39, 0.29) is 23.3 Å². The number of hydrogen-bond donors (Lipinski definition) is 0. The topological polar surface area (TPSA) is 66.7 Å². The zero-order chi connectivity index (χ0) is 25.7. The summed E-state index contributed by atoms with van der Waals surface area (Å²) in [5.41, 5.74) is 1.20. The van der Waals surface area contributed by atoms with E-state index in [4.69, 9.17) is 4.52 Å². The summed E-state index contributed by atoms with van der Waals surface area (Å²) < 4.78 is 43.7. The van der Waals surface area contributed by atoms with Crippen LogP contribution in [0.5, 0.6) is 0 Å². The highest BCUT2D eigenvalue weighted by Gasteiger charge is 2.32. The highest BCUT2D eigenvalue weighted by molar-refractivity contribution is 5.94. The molecule has 0 spiro atoms. The van der Waals surface area contributed by atoms with Crippen molar-refractivity contribution in [3.63, 3.8) is 0 Å². The molecule has 0 bridgehead atoms. The molecule has 0 aliphatic carbocycles. The van der Waals surface area contributed by atoms with Crippen molar-refractivity contribution in [2.75, 3.05) is 26.7 Å². The minimum absolute atomic E-state index is 0.0409. The van der Waals surface area contributed by atoms with Crippen LogP contribution in [0, 0.1) is 5.92 Å². The Hall–Kier alpha value is -3.62. The van der Waals surface area contributed by atoms with Crippen LogP contribution < -0.4 is 0 Å². The van der Waals surface area contributed by atoms with Crippen LogP contribution in [-0.2, 0) is 17.4 Å². The number of likely N-dealkylation sites (tertiary alicyclic amines) is 1. The van der Waals surface area contributed by atoms with E-state index in [2.05, 4.69) is 5.16 Å². The first-order chi connectivity index (χ1) is 17.2. The molecule has 4 rings (SSSR count). The standard InChI is InChI=1S/C27H28F3N3O3/c1-32(15-5-8-23-18-24(31-36-23)19-6-3-2-4-7-19)25(34)21-13-16-33(17-14-21)26(35)20-9-11-22(12-10-20)27(28,29)30/h2-4,6-7,9-12,18,21H,5,8,13-17H2,1H3. The van der Waals surface area contributed by atoms with Gasteiger partial charge in [-0.05, 0) is 43.5 Å². The first-order valence-electron chi connectivity index (χ1n) is 11.9. The second-order valence-electron chi connectivity index (χ2n) is 9.05. The Balaban J connectivity index is 1.21. The van der Waals surface area contributed by atoms with E-state index in [0.717, 1.165) is 35.6 Å². The average Bonchev–Trinajstić information content (AvgIpc) is 3.37. The van der Waals surface area contributed by atoms with E-state index in [0.29, 0.717) is 38.9 Å². The monoisotopic (exact) mass is 499 g/mol. The van der Waals surface area contributed by atoms with Crippen LogP contribution in [0.15, 0.2) is 65.2 Å². The minimum Gasteiger partial charge on any atom is -0.361 e. The molecular weight excluding hydrogens is 471 g/mol. The summed E-state index contributed by atoms with van der Waals surface area (Å²) in [6, 6.07) is 15.9. The number of rotatable bonds is 7. The number of alkyl halides is 3. The molecule has 1 aliphatic heterocycles. The van der Waals surface area contributed by atoms with Gasteiger partial charge in [0.2, 0.25) is 5.91 Å². The van der Waals surface area contributed by atoms with Crippen molar-refractivity contribution in [1.29, 1.82) is 0 Å². The van der Waals surface area contributed by atoms with Crippen LogP contribution in [-0.4, -0.2) is 53.5 Å². The molecule has 0 N–H and O–H groups in total. The van der Waals surface area contributed by atoms with Gasteiger partial charge < -0.3 is 14.3 Å². The van der Waals surface area contributed by atoms with Gasteiger partial charge in [-0.15, -0.1) is 0 Å². The van der Waals surface area contributed by atoms with Crippen molar-refractivity contribution >= 4 is 11.8 Å². The lowest BCUT2D eigenvalue weighted by Gasteiger charge is -2.33. The third kappa shape index (κ3) is 6.13. The summed E-state index contributed by atoms with van der Waals surface area (Å²) in [6.45, 7) is 1.36. The van der Waals surface area contributed by atoms with Crippen molar-refractivity contribution < 1.29 is 27.3 Å². The highest BCUT2D eigenvalue weighted by atomic mass is 19.4. The van der Waals surface area contributed by atoms with Gasteiger partial charge in [0, 0.05) is 56.2 Å². The fraction of sp³-hybridized carbons (Fsp3) is 0.370. The van der Waals surface area contributed by atoms with Crippen molar-refractivity contribution in [1.82, 2.24) is 15.0 Å². The summed E-state index contributed by atoms with van der Waals surface area (Å²) in [6.07, 6.45) is -1.99. The molecule has 0 saturated carbocycles. The molecule has 6 nitrogen and oxygen atoms in total. The largest absolute Gasteiger partial charge is 0.416 e. The SMILES string of the molecule is CN(CCCc1cc(-c2ccccc2)no1)C(=O)C1CCN(C(=O)c2ccc(C(F)(F)F)cc2)CC1. The second-order valence-corrected chi connectivity index (χ2v) is 9.05. The fourth-order valence-electron chi connectivity index (χ4n) is 4.40. The van der Waals surface area contributed by atoms with Gasteiger partial charge in [0.25, 0.3) is 5.91 Å². The van der Waals surface area contributed by atoms with Crippen LogP contribution in [0.2, 0.25) is 0 Å². The van der Waals surface area contributed by atoms with E-state index >= 15 is 0 Å². The Morgan fingerprint density at radius 2 is 1.72 bits per heavy atom. The number of piperidine rings is 1. The average molecular weight is 500 g/mol. The van der Waals surface area contributed by atoms with Gasteiger partial charge in [0.05, 0.1) is 5.56 Å². The molecule has 3 aromatic rings. The summed E-state index contributed by atoms with van der Waals surface area (Å²) in [4.78, 5) is 28.9. The van der Waals surface area contributed by atoms with Crippen molar-refractivity contribution in [3.8, 4) is 11.3 Å². The molecule has 0 unspecified atom stereocenters. The molecule has 1 fully saturated rings. The number of nitrogens with zero attached hydrogens (tertiary/aromatic N) is 3. The fourth-order valence-corrected chi connectivity index (χ4v) is 4.40. The van der Waals surface area contributed by atoms with E-state index in [9.17, 15) is 22.8 Å². The predicted molar refractivity (Wildman–Crippen MR) is 128 cm³/mol. The van der Waals surface area contributed by atoms with Crippen LogP contribution in [0.3, 0.4) is 0 Å². The summed E-state index contributed by atoms with van der Waals surface area (Å²) in [5, 5.41) is 4.11. The number of halogens is 3. The molecule has 0 atom stereocenters. The number of hydrogen-bond acceptors (Lipinski definition) is 4. The molecule has 2 amide bonds. The summed E-state index contributed by atoms with van der Waals surface area (Å²) >= 11 is 0. The van der Waals surface area contributed by atoms with Crippen molar-refractivity contribution in [2.45, 2.75) is 31.9 Å². The van der Waals surface area contributed by atoms with Crippen molar-refractivity contribution in [3.05, 3.63) is 77.6 Å². The Bertz CT molecular complexity index is 1170. The Morgan fingerprint density at radius 1 is 1.06 bits per heavy atom. The number of benzene rings is 2. The molecule has 1 aliphatic rings. The first-order valence-corrected chi connectivity index (χ1v) is 11.9. The highest BCUT2D eigenvalue weighted by Crippen LogP contribution is 2.29. The Labute approximate surface area is 207 Å². The lowest BCUT2D eigenvalue weighted by atomic mass is 9.94. The molecule has 1 saturated heterocycles. The zero-order valence-corrected chi connectivity index (χ0v) is 20.0. The number of aromatic nitrogens is 1. The molecule has 2 aromatic carbocycles.